The maximum atomic E-state index is 14.3. The van der Waals surface area contributed by atoms with Crippen molar-refractivity contribution < 1.29 is 9.59 Å². The number of piperidine rings is 1. The molecule has 1 saturated carbocycles. The van der Waals surface area contributed by atoms with Crippen molar-refractivity contribution in [3.63, 3.8) is 0 Å². The largest absolute Gasteiger partial charge is 0.341 e. The summed E-state index contributed by atoms with van der Waals surface area (Å²) < 4.78 is 0. The van der Waals surface area contributed by atoms with Crippen LogP contribution in [0.25, 0.3) is 0 Å². The van der Waals surface area contributed by atoms with E-state index in [4.69, 9.17) is 4.98 Å². The molecule has 43 heavy (non-hydrogen) atoms. The lowest BCUT2D eigenvalue weighted by molar-refractivity contribution is -0.123. The Balaban J connectivity index is 1.47. The molecule has 1 aromatic carbocycles. The van der Waals surface area contributed by atoms with Gasteiger partial charge in [-0.05, 0) is 76.8 Å². The van der Waals surface area contributed by atoms with Crippen molar-refractivity contribution in [2.24, 2.45) is 11.8 Å². The van der Waals surface area contributed by atoms with Gasteiger partial charge in [-0.2, -0.15) is 0 Å². The van der Waals surface area contributed by atoms with Gasteiger partial charge < -0.3 is 14.7 Å². The predicted molar refractivity (Wildman–Crippen MR) is 174 cm³/mol. The number of carbonyl (C=O) groups is 2. The van der Waals surface area contributed by atoms with E-state index < -0.39 is 0 Å². The quantitative estimate of drug-likeness (QED) is 0.436. The van der Waals surface area contributed by atoms with Crippen molar-refractivity contribution in [1.29, 1.82) is 0 Å². The minimum absolute atomic E-state index is 0.0446. The van der Waals surface area contributed by atoms with Crippen LogP contribution in [-0.4, -0.2) is 76.9 Å². The summed E-state index contributed by atoms with van der Waals surface area (Å²) in [6, 6.07) is 6.61. The highest BCUT2D eigenvalue weighted by Crippen LogP contribution is 2.33. The number of aryl methyl sites for hydroxylation is 2. The van der Waals surface area contributed by atoms with Gasteiger partial charge in [0.1, 0.15) is 0 Å². The van der Waals surface area contributed by atoms with Gasteiger partial charge in [-0.25, -0.2) is 9.97 Å². The normalized spacial score (nSPS) is 20.2. The Morgan fingerprint density at radius 2 is 1.63 bits per heavy atom. The molecule has 0 radical (unpaired) electrons. The molecular formula is C35H52N6O2. The molecule has 3 heterocycles. The number of aromatic nitrogens is 2. The lowest BCUT2D eigenvalue weighted by Gasteiger charge is -2.33. The maximum Gasteiger partial charge on any atom is 0.257 e. The second-order valence-electron chi connectivity index (χ2n) is 13.5. The zero-order chi connectivity index (χ0) is 30.5. The molecule has 0 unspecified atom stereocenters. The van der Waals surface area contributed by atoms with Crippen molar-refractivity contribution >= 4 is 23.5 Å². The first-order valence-electron chi connectivity index (χ1n) is 16.7. The fourth-order valence-corrected chi connectivity index (χ4v) is 7.10. The second-order valence-corrected chi connectivity index (χ2v) is 13.5. The molecular weight excluding hydrogens is 536 g/mol. The van der Waals surface area contributed by atoms with Gasteiger partial charge in [-0.15, -0.1) is 0 Å². The van der Waals surface area contributed by atoms with Gasteiger partial charge in [0.15, 0.2) is 0 Å². The molecule has 1 aromatic heterocycles. The van der Waals surface area contributed by atoms with E-state index in [1.807, 2.05) is 11.8 Å². The average molecular weight is 589 g/mol. The van der Waals surface area contributed by atoms with E-state index in [1.54, 1.807) is 6.20 Å². The van der Waals surface area contributed by atoms with E-state index in [-0.39, 0.29) is 17.7 Å². The van der Waals surface area contributed by atoms with Crippen molar-refractivity contribution in [2.75, 3.05) is 49.1 Å². The van der Waals surface area contributed by atoms with Crippen LogP contribution in [0.1, 0.15) is 99.3 Å². The monoisotopic (exact) mass is 588 g/mol. The van der Waals surface area contributed by atoms with Crippen LogP contribution in [0, 0.1) is 25.7 Å². The van der Waals surface area contributed by atoms with E-state index in [0.29, 0.717) is 31.2 Å². The molecule has 5 rings (SSSR count). The van der Waals surface area contributed by atoms with Gasteiger partial charge in [-0.3, -0.25) is 14.5 Å². The van der Waals surface area contributed by atoms with Crippen LogP contribution in [-0.2, 0) is 11.3 Å². The summed E-state index contributed by atoms with van der Waals surface area (Å²) in [4.78, 5) is 46.6. The van der Waals surface area contributed by atoms with Crippen LogP contribution in [0.4, 0.5) is 11.6 Å². The fraction of sp³-hybridized carbons (Fsp3) is 0.657. The number of para-hydroxylation sites is 1. The van der Waals surface area contributed by atoms with Crippen LogP contribution in [0.15, 0.2) is 24.4 Å². The minimum atomic E-state index is -0.0446. The third kappa shape index (κ3) is 7.39. The summed E-state index contributed by atoms with van der Waals surface area (Å²) in [5, 5.41) is 0. The molecule has 0 N–H and O–H groups in total. The van der Waals surface area contributed by atoms with Crippen molar-refractivity contribution in [2.45, 2.75) is 98.6 Å². The van der Waals surface area contributed by atoms with Gasteiger partial charge in [0, 0.05) is 64.0 Å². The highest BCUT2D eigenvalue weighted by atomic mass is 16.2. The number of carbonyl (C=O) groups excluding carboxylic acids is 2. The summed E-state index contributed by atoms with van der Waals surface area (Å²) >= 11 is 0. The molecule has 0 atom stereocenters. The smallest absolute Gasteiger partial charge is 0.257 e. The number of amides is 2. The van der Waals surface area contributed by atoms with Crippen LogP contribution in [0.5, 0.6) is 0 Å². The predicted octanol–water partition coefficient (Wildman–Crippen LogP) is 6.00. The van der Waals surface area contributed by atoms with Gasteiger partial charge in [0.05, 0.1) is 16.9 Å². The van der Waals surface area contributed by atoms with E-state index in [9.17, 15) is 9.59 Å². The zero-order valence-corrected chi connectivity index (χ0v) is 27.1. The van der Waals surface area contributed by atoms with Crippen LogP contribution in [0.2, 0.25) is 0 Å². The number of fused-ring (bicyclic) bond motifs is 1. The first kappa shape index (κ1) is 31.4. The number of hydrogen-bond acceptors (Lipinski definition) is 6. The Morgan fingerprint density at radius 1 is 0.884 bits per heavy atom. The van der Waals surface area contributed by atoms with Crippen molar-refractivity contribution in [3.8, 4) is 0 Å². The number of nitrogens with zero attached hydrogens (tertiary/aromatic N) is 6. The minimum Gasteiger partial charge on any atom is -0.341 e. The Hall–Kier alpha value is -3.00. The van der Waals surface area contributed by atoms with Crippen molar-refractivity contribution in [1.82, 2.24) is 19.8 Å². The molecule has 3 aliphatic rings. The first-order valence-corrected chi connectivity index (χ1v) is 16.7. The summed E-state index contributed by atoms with van der Waals surface area (Å²) in [5.41, 5.74) is 4.41. The lowest BCUT2D eigenvalue weighted by Crippen LogP contribution is -2.42. The lowest BCUT2D eigenvalue weighted by atomic mass is 9.87. The maximum absolute atomic E-state index is 14.3. The molecule has 8 nitrogen and oxygen atoms in total. The molecule has 2 fully saturated rings. The standard InChI is InChI=1S/C35H52N6O2/c1-25(2)38-17-10-18-41(33(42)29-12-7-6-8-13-29)32-27(4)11-9-14-30(32)24-40(22-21-38)34(43)31-23-36-35(37-28(31)5)39-19-15-26(3)16-20-39/h9,11,14,23,25-26,29H,6-8,10,12-13,15-22,24H2,1-5H3. The molecule has 0 spiro atoms. The number of benzene rings is 1. The van der Waals surface area contributed by atoms with E-state index in [0.717, 1.165) is 105 Å². The molecule has 2 aliphatic heterocycles. The third-order valence-corrected chi connectivity index (χ3v) is 9.94. The third-order valence-electron chi connectivity index (χ3n) is 9.94. The molecule has 0 bridgehead atoms. The van der Waals surface area contributed by atoms with Crippen LogP contribution < -0.4 is 9.80 Å². The number of anilines is 2. The molecule has 8 heteroatoms. The van der Waals surface area contributed by atoms with Crippen LogP contribution in [0.3, 0.4) is 0 Å². The molecule has 2 aromatic rings. The molecule has 1 saturated heterocycles. The molecule has 2 amide bonds. The van der Waals surface area contributed by atoms with Gasteiger partial charge in [0.25, 0.3) is 5.91 Å². The van der Waals surface area contributed by atoms with E-state index >= 15 is 0 Å². The summed E-state index contributed by atoms with van der Waals surface area (Å²) in [7, 11) is 0. The topological polar surface area (TPSA) is 72.9 Å². The highest BCUT2D eigenvalue weighted by molar-refractivity contribution is 5.97. The Labute approximate surface area is 258 Å². The van der Waals surface area contributed by atoms with Crippen LogP contribution >= 0.6 is 0 Å². The Morgan fingerprint density at radius 3 is 2.33 bits per heavy atom. The van der Waals surface area contributed by atoms with Gasteiger partial charge in [-0.1, -0.05) is 44.4 Å². The summed E-state index contributed by atoms with van der Waals surface area (Å²) in [6.45, 7) is 16.1. The summed E-state index contributed by atoms with van der Waals surface area (Å²) in [6.07, 6.45) is 10.4. The number of hydrogen-bond donors (Lipinski definition) is 0. The van der Waals surface area contributed by atoms with E-state index in [2.05, 4.69) is 65.6 Å². The van der Waals surface area contributed by atoms with Gasteiger partial charge in [0.2, 0.25) is 11.9 Å². The SMILES string of the molecule is Cc1cccc2c1N(C(=O)C1CCCCC1)CCCN(C(C)C)CCN(C(=O)c1cnc(N3CCC(C)CC3)nc1C)C2. The highest BCUT2D eigenvalue weighted by Gasteiger charge is 2.31. The Kier molecular flexibility index (Phi) is 10.4. The van der Waals surface area contributed by atoms with Crippen molar-refractivity contribution in [3.05, 3.63) is 46.8 Å². The first-order chi connectivity index (χ1) is 20.7. The molecule has 234 valence electrons. The Bertz CT molecular complexity index is 1260. The fourth-order valence-electron chi connectivity index (χ4n) is 7.10. The number of rotatable bonds is 4. The molecule has 1 aliphatic carbocycles. The second kappa shape index (κ2) is 14.2. The van der Waals surface area contributed by atoms with E-state index in [1.165, 1.54) is 6.42 Å². The summed E-state index contributed by atoms with van der Waals surface area (Å²) in [5.74, 6) is 1.76. The average Bonchev–Trinajstić information content (AvgIpc) is 3.04. The van der Waals surface area contributed by atoms with Gasteiger partial charge >= 0.3 is 0 Å². The zero-order valence-electron chi connectivity index (χ0n) is 27.1.